The Labute approximate surface area is 268 Å². The molecule has 6 heterocycles. The van der Waals surface area contributed by atoms with Crippen LogP contribution in [0.3, 0.4) is 0 Å². The lowest BCUT2D eigenvalue weighted by molar-refractivity contribution is 0.0787. The number of thiophene rings is 1. The second-order valence-corrected chi connectivity index (χ2v) is 13.9. The molecule has 9 nitrogen and oxygen atoms in total. The van der Waals surface area contributed by atoms with E-state index in [4.69, 9.17) is 5.10 Å². The van der Waals surface area contributed by atoms with Gasteiger partial charge in [0.2, 0.25) is 0 Å². The minimum absolute atomic E-state index is 0.458. The summed E-state index contributed by atoms with van der Waals surface area (Å²) in [5, 5.41) is 39.1. The van der Waals surface area contributed by atoms with Gasteiger partial charge in [-0.1, -0.05) is 24.3 Å². The Hall–Kier alpha value is -4.90. The van der Waals surface area contributed by atoms with Gasteiger partial charge >= 0.3 is 0 Å². The summed E-state index contributed by atoms with van der Waals surface area (Å²) in [6.07, 6.45) is 1.93. The molecule has 1 unspecified atom stereocenters. The summed E-state index contributed by atoms with van der Waals surface area (Å²) < 4.78 is 1.14. The van der Waals surface area contributed by atoms with Gasteiger partial charge in [-0.25, -0.2) is 0 Å². The number of nitrogens with one attached hydrogen (secondary N) is 6. The molecule has 0 aliphatic carbocycles. The Morgan fingerprint density at radius 1 is 0.870 bits per heavy atom. The average molecular weight is 627 g/mol. The second kappa shape index (κ2) is 10.3. The molecule has 230 valence electrons. The van der Waals surface area contributed by atoms with Crippen molar-refractivity contribution in [3.8, 4) is 22.8 Å². The van der Waals surface area contributed by atoms with Crippen LogP contribution < -0.4 is 10.6 Å². The lowest BCUT2D eigenvalue weighted by Gasteiger charge is -2.17. The standard InChI is InChI=1S/C36H34N8OS/c1-36(2,45)23-6-5-21-14-31(40-29(21)15-23)34-35-32(42-44-34)22(18-46-35)11-19-3-4-20-13-30(39-28(20)12-19)33-26-16-24(7-8-27(26)41-43-33)38-25-9-10-37-17-25/h3-8,12-16,18,25,37-40,45H,9-11,17H2,1-2H3,(H,41,43)(H,42,44). The molecule has 7 N–H and O–H groups in total. The van der Waals surface area contributed by atoms with Gasteiger partial charge in [-0.2, -0.15) is 10.2 Å². The van der Waals surface area contributed by atoms with Crippen molar-refractivity contribution in [2.75, 3.05) is 18.4 Å². The zero-order valence-corrected chi connectivity index (χ0v) is 26.4. The minimum Gasteiger partial charge on any atom is -0.386 e. The van der Waals surface area contributed by atoms with E-state index in [9.17, 15) is 5.11 Å². The van der Waals surface area contributed by atoms with Crippen LogP contribution in [0, 0.1) is 0 Å². The molecule has 0 saturated carbocycles. The van der Waals surface area contributed by atoms with E-state index < -0.39 is 5.60 Å². The summed E-state index contributed by atoms with van der Waals surface area (Å²) in [4.78, 5) is 7.16. The first-order valence-corrected chi connectivity index (χ1v) is 16.6. The van der Waals surface area contributed by atoms with E-state index in [1.54, 1.807) is 25.2 Å². The van der Waals surface area contributed by atoms with E-state index >= 15 is 0 Å². The van der Waals surface area contributed by atoms with Crippen molar-refractivity contribution in [2.24, 2.45) is 0 Å². The molecule has 46 heavy (non-hydrogen) atoms. The van der Waals surface area contributed by atoms with Gasteiger partial charge in [-0.3, -0.25) is 10.2 Å². The highest BCUT2D eigenvalue weighted by atomic mass is 32.1. The van der Waals surface area contributed by atoms with Crippen LogP contribution >= 0.6 is 11.3 Å². The smallest absolute Gasteiger partial charge is 0.126 e. The molecule has 1 aliphatic rings. The largest absolute Gasteiger partial charge is 0.386 e. The summed E-state index contributed by atoms with van der Waals surface area (Å²) in [6, 6.07) is 23.9. The van der Waals surface area contributed by atoms with Crippen molar-refractivity contribution in [1.82, 2.24) is 35.7 Å². The quantitative estimate of drug-likeness (QED) is 0.0991. The lowest BCUT2D eigenvalue weighted by atomic mass is 9.98. The van der Waals surface area contributed by atoms with Crippen molar-refractivity contribution in [3.05, 3.63) is 88.8 Å². The van der Waals surface area contributed by atoms with Gasteiger partial charge in [0.05, 0.1) is 32.7 Å². The number of hydrogen-bond acceptors (Lipinski definition) is 6. The topological polar surface area (TPSA) is 133 Å². The fraction of sp³-hybridized carbons (Fsp3) is 0.222. The molecule has 1 saturated heterocycles. The summed E-state index contributed by atoms with van der Waals surface area (Å²) >= 11 is 1.71. The average Bonchev–Trinajstić information content (AvgIpc) is 3.87. The molecule has 1 atom stereocenters. The van der Waals surface area contributed by atoms with Gasteiger partial charge in [0.1, 0.15) is 11.4 Å². The Morgan fingerprint density at radius 3 is 2.46 bits per heavy atom. The molecule has 10 heteroatoms. The van der Waals surface area contributed by atoms with Gasteiger partial charge in [-0.15, -0.1) is 11.3 Å². The monoisotopic (exact) mass is 626 g/mol. The highest BCUT2D eigenvalue weighted by molar-refractivity contribution is 7.17. The fourth-order valence-electron chi connectivity index (χ4n) is 6.76. The molecule has 0 amide bonds. The Morgan fingerprint density at radius 2 is 1.65 bits per heavy atom. The van der Waals surface area contributed by atoms with Crippen molar-refractivity contribution in [3.63, 3.8) is 0 Å². The van der Waals surface area contributed by atoms with Crippen LogP contribution in [0.15, 0.2) is 72.1 Å². The fourth-order valence-corrected chi connectivity index (χ4v) is 7.78. The van der Waals surface area contributed by atoms with Crippen LogP contribution in [0.5, 0.6) is 0 Å². The van der Waals surface area contributed by atoms with Crippen molar-refractivity contribution >= 4 is 59.9 Å². The highest BCUT2D eigenvalue weighted by Crippen LogP contribution is 2.37. The molecule has 5 aromatic heterocycles. The molecule has 1 fully saturated rings. The van der Waals surface area contributed by atoms with E-state index in [0.717, 1.165) is 103 Å². The van der Waals surface area contributed by atoms with Gasteiger partial charge in [0.15, 0.2) is 0 Å². The molecule has 8 aromatic rings. The summed E-state index contributed by atoms with van der Waals surface area (Å²) in [6.45, 7) is 5.66. The van der Waals surface area contributed by atoms with Crippen molar-refractivity contribution in [2.45, 2.75) is 38.3 Å². The van der Waals surface area contributed by atoms with Crippen LogP contribution in [-0.2, 0) is 12.0 Å². The van der Waals surface area contributed by atoms with Gasteiger partial charge < -0.3 is 25.7 Å². The molecule has 0 bridgehead atoms. The van der Waals surface area contributed by atoms with Crippen molar-refractivity contribution in [1.29, 1.82) is 0 Å². The van der Waals surface area contributed by atoms with Crippen LogP contribution in [0.1, 0.15) is 37.0 Å². The predicted octanol–water partition coefficient (Wildman–Crippen LogP) is 7.39. The molecule has 0 radical (unpaired) electrons. The third-order valence-electron chi connectivity index (χ3n) is 9.28. The number of aliphatic hydroxyl groups is 1. The van der Waals surface area contributed by atoms with E-state index in [1.165, 1.54) is 11.1 Å². The third-order valence-corrected chi connectivity index (χ3v) is 10.3. The maximum absolute atomic E-state index is 10.5. The maximum atomic E-state index is 10.5. The Bertz CT molecular complexity index is 2390. The van der Waals surface area contributed by atoms with E-state index in [1.807, 2.05) is 18.2 Å². The molecule has 3 aromatic carbocycles. The van der Waals surface area contributed by atoms with Gasteiger partial charge in [0.25, 0.3) is 0 Å². The highest BCUT2D eigenvalue weighted by Gasteiger charge is 2.20. The van der Waals surface area contributed by atoms with Gasteiger partial charge in [0, 0.05) is 51.9 Å². The minimum atomic E-state index is -0.895. The van der Waals surface area contributed by atoms with E-state index in [2.05, 4.69) is 89.8 Å². The predicted molar refractivity (Wildman–Crippen MR) is 188 cm³/mol. The Balaban J connectivity index is 0.991. The maximum Gasteiger partial charge on any atom is 0.126 e. The summed E-state index contributed by atoms with van der Waals surface area (Å²) in [5.74, 6) is 0. The number of nitrogens with zero attached hydrogens (tertiary/aromatic N) is 2. The van der Waals surface area contributed by atoms with E-state index in [0.29, 0.717) is 6.04 Å². The number of rotatable bonds is 7. The van der Waals surface area contributed by atoms with Crippen LogP contribution in [0.4, 0.5) is 5.69 Å². The number of benzene rings is 3. The first-order chi connectivity index (χ1) is 22.4. The second-order valence-electron chi connectivity index (χ2n) is 13.0. The number of anilines is 1. The number of fused-ring (bicyclic) bond motifs is 4. The van der Waals surface area contributed by atoms with Gasteiger partial charge in [-0.05, 0) is 91.3 Å². The first kappa shape index (κ1) is 27.4. The van der Waals surface area contributed by atoms with Crippen LogP contribution in [0.2, 0.25) is 0 Å². The number of aromatic amines is 4. The van der Waals surface area contributed by atoms with Crippen molar-refractivity contribution < 1.29 is 5.11 Å². The molecular formula is C36H34N8OS. The van der Waals surface area contributed by atoms with Crippen LogP contribution in [-0.4, -0.2) is 54.6 Å². The summed E-state index contributed by atoms with van der Waals surface area (Å²) in [7, 11) is 0. The number of hydrogen-bond donors (Lipinski definition) is 7. The zero-order chi connectivity index (χ0) is 31.0. The summed E-state index contributed by atoms with van der Waals surface area (Å²) in [5.41, 5.74) is 11.5. The number of H-pyrrole nitrogens is 4. The third kappa shape index (κ3) is 4.68. The number of aromatic nitrogens is 6. The van der Waals surface area contributed by atoms with Crippen LogP contribution in [0.25, 0.3) is 65.7 Å². The first-order valence-electron chi connectivity index (χ1n) is 15.7. The normalized spacial score (nSPS) is 15.7. The molecule has 9 rings (SSSR count). The molecular weight excluding hydrogens is 593 g/mol. The Kier molecular flexibility index (Phi) is 6.15. The SMILES string of the molecule is CC(C)(O)c1ccc2cc(-c3n[nH]c4c(Cc5ccc6cc(-c7n[nH]c8ccc(NC9CCNC9)cc78)[nH]c6c5)csc34)[nH]c2c1. The van der Waals surface area contributed by atoms with E-state index in [-0.39, 0.29) is 0 Å². The lowest BCUT2D eigenvalue weighted by Crippen LogP contribution is -2.21. The molecule has 0 spiro atoms. The molecule has 1 aliphatic heterocycles. The zero-order valence-electron chi connectivity index (χ0n) is 25.6.